The number of carbonyl (C=O) groups excluding carboxylic acids is 2. The highest BCUT2D eigenvalue weighted by molar-refractivity contribution is 6.03. The molecule has 0 radical (unpaired) electrons. The lowest BCUT2D eigenvalue weighted by Gasteiger charge is -2.34. The number of carbonyl (C=O) groups is 2. The van der Waals surface area contributed by atoms with E-state index in [1.807, 2.05) is 38.1 Å². The van der Waals surface area contributed by atoms with Crippen molar-refractivity contribution in [2.75, 3.05) is 25.1 Å². The van der Waals surface area contributed by atoms with Gasteiger partial charge in [0.05, 0.1) is 17.7 Å². The van der Waals surface area contributed by atoms with Crippen LogP contribution in [0.25, 0.3) is 0 Å². The maximum Gasteiger partial charge on any atom is 0.247 e. The number of aromatic nitrogens is 1. The molecule has 1 aliphatic heterocycles. The number of methoxy groups -OCH3 is 1. The Kier molecular flexibility index (Phi) is 8.30. The van der Waals surface area contributed by atoms with Gasteiger partial charge in [0.25, 0.3) is 0 Å². The molecule has 0 saturated carbocycles. The highest BCUT2D eigenvalue weighted by atomic mass is 16.5. The lowest BCUT2D eigenvalue weighted by Crippen LogP contribution is -2.51. The number of nitrogens with zero attached hydrogens (tertiary/aromatic N) is 2. The van der Waals surface area contributed by atoms with E-state index in [4.69, 9.17) is 4.74 Å². The Hall–Kier alpha value is -2.81. The summed E-state index contributed by atoms with van der Waals surface area (Å²) in [4.78, 5) is 33.3. The van der Waals surface area contributed by atoms with E-state index in [1.165, 1.54) is 4.90 Å². The maximum absolute atomic E-state index is 13.9. The summed E-state index contributed by atoms with van der Waals surface area (Å²) in [7, 11) is 1.59. The molecule has 3 atom stereocenters. The molecule has 1 saturated heterocycles. The van der Waals surface area contributed by atoms with Crippen molar-refractivity contribution < 1.29 is 19.4 Å². The van der Waals surface area contributed by atoms with Gasteiger partial charge in [-0.3, -0.25) is 19.5 Å². The van der Waals surface area contributed by atoms with Crippen molar-refractivity contribution in [2.45, 2.75) is 70.2 Å². The lowest BCUT2D eigenvalue weighted by atomic mass is 9.87. The summed E-state index contributed by atoms with van der Waals surface area (Å²) in [6.45, 7) is 10.7. The Bertz CT molecular complexity index is 1000. The number of amides is 2. The van der Waals surface area contributed by atoms with Gasteiger partial charge in [0.2, 0.25) is 11.8 Å². The minimum Gasteiger partial charge on any atom is -0.392 e. The van der Waals surface area contributed by atoms with Crippen LogP contribution in [0.1, 0.15) is 58.2 Å². The van der Waals surface area contributed by atoms with Crippen molar-refractivity contribution >= 4 is 17.5 Å². The fraction of sp³-hybridized carbons (Fsp3) is 0.519. The molecule has 1 aromatic carbocycles. The SMILES string of the molecule is COC(C)(C)CNC(=O)C(c1cccnc1)N(C(=O)C1CC(O)CN1)c1ccc(C(C)(C)C)cc1. The number of pyridine rings is 1. The average molecular weight is 483 g/mol. The van der Waals surface area contributed by atoms with Crippen LogP contribution in [0.5, 0.6) is 0 Å². The minimum absolute atomic E-state index is 0.0592. The van der Waals surface area contributed by atoms with Gasteiger partial charge in [0, 0.05) is 43.8 Å². The van der Waals surface area contributed by atoms with Gasteiger partial charge in [-0.1, -0.05) is 39.0 Å². The molecule has 3 N–H and O–H groups in total. The van der Waals surface area contributed by atoms with Crippen molar-refractivity contribution in [3.05, 3.63) is 59.9 Å². The van der Waals surface area contributed by atoms with Crippen LogP contribution in [-0.2, 0) is 19.7 Å². The van der Waals surface area contributed by atoms with Gasteiger partial charge < -0.3 is 20.5 Å². The Balaban J connectivity index is 2.06. The summed E-state index contributed by atoms with van der Waals surface area (Å²) in [5, 5.41) is 16.1. The third-order valence-electron chi connectivity index (χ3n) is 6.40. The van der Waals surface area contributed by atoms with Crippen LogP contribution in [0.3, 0.4) is 0 Å². The summed E-state index contributed by atoms with van der Waals surface area (Å²) < 4.78 is 5.46. The number of ether oxygens (including phenoxy) is 1. The normalized spacial score (nSPS) is 19.3. The second-order valence-electron chi connectivity index (χ2n) is 10.7. The van der Waals surface area contributed by atoms with Crippen molar-refractivity contribution in [3.63, 3.8) is 0 Å². The number of benzene rings is 1. The first-order valence-electron chi connectivity index (χ1n) is 12.0. The molecule has 1 aromatic heterocycles. The first kappa shape index (κ1) is 26.8. The van der Waals surface area contributed by atoms with Gasteiger partial charge in [0.1, 0.15) is 6.04 Å². The molecule has 8 nitrogen and oxygen atoms in total. The van der Waals surface area contributed by atoms with Gasteiger partial charge in [-0.05, 0) is 49.4 Å². The van der Waals surface area contributed by atoms with Crippen LogP contribution in [0, 0.1) is 0 Å². The van der Waals surface area contributed by atoms with Crippen molar-refractivity contribution in [1.82, 2.24) is 15.6 Å². The van der Waals surface area contributed by atoms with Crippen LogP contribution >= 0.6 is 0 Å². The number of rotatable bonds is 8. The number of β-amino-alcohol motifs (C(OH)–C–C–N with tert-alkyl or cyclic N) is 1. The van der Waals surface area contributed by atoms with Crippen molar-refractivity contribution in [3.8, 4) is 0 Å². The molecule has 0 bridgehead atoms. The van der Waals surface area contributed by atoms with E-state index >= 15 is 0 Å². The number of hydrogen-bond acceptors (Lipinski definition) is 6. The molecule has 190 valence electrons. The second kappa shape index (κ2) is 10.8. The van der Waals surface area contributed by atoms with Gasteiger partial charge >= 0.3 is 0 Å². The van der Waals surface area contributed by atoms with E-state index in [-0.39, 0.29) is 30.2 Å². The largest absolute Gasteiger partial charge is 0.392 e. The zero-order valence-electron chi connectivity index (χ0n) is 21.5. The third-order valence-corrected chi connectivity index (χ3v) is 6.40. The van der Waals surface area contributed by atoms with E-state index in [0.29, 0.717) is 17.8 Å². The molecule has 2 amide bonds. The maximum atomic E-state index is 13.9. The fourth-order valence-corrected chi connectivity index (χ4v) is 4.02. The smallest absolute Gasteiger partial charge is 0.247 e. The van der Waals surface area contributed by atoms with Crippen molar-refractivity contribution in [2.24, 2.45) is 0 Å². The van der Waals surface area contributed by atoms with Crippen LogP contribution in [0.4, 0.5) is 5.69 Å². The zero-order chi connectivity index (χ0) is 25.8. The molecule has 1 aliphatic rings. The molecule has 2 aromatic rings. The highest BCUT2D eigenvalue weighted by Crippen LogP contribution is 2.32. The monoisotopic (exact) mass is 482 g/mol. The van der Waals surface area contributed by atoms with Crippen LogP contribution < -0.4 is 15.5 Å². The van der Waals surface area contributed by atoms with Crippen LogP contribution in [-0.4, -0.2) is 59.9 Å². The third kappa shape index (κ3) is 6.66. The van der Waals surface area contributed by atoms with E-state index in [2.05, 4.69) is 36.4 Å². The van der Waals surface area contributed by atoms with E-state index in [1.54, 1.807) is 31.6 Å². The predicted octanol–water partition coefficient (Wildman–Crippen LogP) is 2.72. The average Bonchev–Trinajstić information content (AvgIpc) is 3.27. The van der Waals surface area contributed by atoms with E-state index < -0.39 is 23.8 Å². The number of anilines is 1. The Morgan fingerprint density at radius 1 is 1.20 bits per heavy atom. The molecule has 0 spiro atoms. The minimum atomic E-state index is -0.955. The summed E-state index contributed by atoms with van der Waals surface area (Å²) in [5.41, 5.74) is 1.67. The van der Waals surface area contributed by atoms with Gasteiger partial charge in [-0.15, -0.1) is 0 Å². The molecule has 3 unspecified atom stereocenters. The topological polar surface area (TPSA) is 104 Å². The van der Waals surface area contributed by atoms with E-state index in [0.717, 1.165) is 5.56 Å². The van der Waals surface area contributed by atoms with Crippen LogP contribution in [0.15, 0.2) is 48.8 Å². The first-order chi connectivity index (χ1) is 16.4. The van der Waals surface area contributed by atoms with Crippen LogP contribution in [0.2, 0.25) is 0 Å². The molecule has 1 fully saturated rings. The number of aliphatic hydroxyl groups is 1. The summed E-state index contributed by atoms with van der Waals surface area (Å²) in [6.07, 6.45) is 2.91. The number of aliphatic hydroxyl groups excluding tert-OH is 1. The zero-order valence-corrected chi connectivity index (χ0v) is 21.5. The summed E-state index contributed by atoms with van der Waals surface area (Å²) >= 11 is 0. The number of hydrogen-bond donors (Lipinski definition) is 3. The standard InChI is InChI=1S/C27H38N4O4/c1-26(2,3)19-9-11-20(12-10-19)31(25(34)22-14-21(32)16-29-22)23(18-8-7-13-28-15-18)24(33)30-17-27(4,5)35-6/h7-13,15,21-23,29,32H,14,16-17H2,1-6H3,(H,30,33). The molecule has 0 aliphatic carbocycles. The lowest BCUT2D eigenvalue weighted by molar-refractivity contribution is -0.128. The van der Waals surface area contributed by atoms with Gasteiger partial charge in [-0.25, -0.2) is 0 Å². The fourth-order valence-electron chi connectivity index (χ4n) is 4.02. The number of nitrogens with one attached hydrogen (secondary N) is 2. The predicted molar refractivity (Wildman–Crippen MR) is 136 cm³/mol. The Labute approximate surface area is 208 Å². The molecule has 35 heavy (non-hydrogen) atoms. The van der Waals surface area contributed by atoms with Gasteiger partial charge in [-0.2, -0.15) is 0 Å². The van der Waals surface area contributed by atoms with Gasteiger partial charge in [0.15, 0.2) is 0 Å². The molecular weight excluding hydrogens is 444 g/mol. The summed E-state index contributed by atoms with van der Waals surface area (Å²) in [6, 6.07) is 9.70. The first-order valence-corrected chi connectivity index (χ1v) is 12.0. The second-order valence-corrected chi connectivity index (χ2v) is 10.7. The molecule has 8 heteroatoms. The highest BCUT2D eigenvalue weighted by Gasteiger charge is 2.39. The Morgan fingerprint density at radius 3 is 2.40 bits per heavy atom. The Morgan fingerprint density at radius 2 is 1.89 bits per heavy atom. The quantitative estimate of drug-likeness (QED) is 0.535. The molecular formula is C27H38N4O4. The molecule has 3 rings (SSSR count). The molecule has 2 heterocycles. The summed E-state index contributed by atoms with van der Waals surface area (Å²) in [5.74, 6) is -0.616. The van der Waals surface area contributed by atoms with E-state index in [9.17, 15) is 14.7 Å². The van der Waals surface area contributed by atoms with Crippen molar-refractivity contribution in [1.29, 1.82) is 0 Å².